The average molecular weight is 352 g/mol. The lowest BCUT2D eigenvalue weighted by atomic mass is 9.89. The SMILES string of the molecule is CC(C)(C)OC(=O)N1CCC[C@@H](C(=O)N2[C@@H]3COC[C@H]2CC(=O)C3)C1. The van der Waals surface area contributed by atoms with Gasteiger partial charge in [-0.25, -0.2) is 4.79 Å². The molecule has 3 fully saturated rings. The second-order valence-corrected chi connectivity index (χ2v) is 8.30. The zero-order chi connectivity index (χ0) is 18.2. The molecule has 0 spiro atoms. The van der Waals surface area contributed by atoms with Crippen LogP contribution in [-0.4, -0.2) is 71.6 Å². The highest BCUT2D eigenvalue weighted by molar-refractivity contribution is 5.86. The first kappa shape index (κ1) is 18.2. The Morgan fingerprint density at radius 3 is 2.40 bits per heavy atom. The molecule has 3 aliphatic heterocycles. The van der Waals surface area contributed by atoms with Crippen molar-refractivity contribution < 1.29 is 23.9 Å². The molecule has 0 N–H and O–H groups in total. The van der Waals surface area contributed by atoms with E-state index in [-0.39, 0.29) is 35.8 Å². The van der Waals surface area contributed by atoms with Crippen molar-refractivity contribution in [3.8, 4) is 0 Å². The predicted octanol–water partition coefficient (Wildman–Crippen LogP) is 1.59. The number of ketones is 1. The van der Waals surface area contributed by atoms with Gasteiger partial charge >= 0.3 is 6.09 Å². The summed E-state index contributed by atoms with van der Waals surface area (Å²) < 4.78 is 11.0. The van der Waals surface area contributed by atoms with Crippen LogP contribution in [0.1, 0.15) is 46.5 Å². The lowest BCUT2D eigenvalue weighted by Crippen LogP contribution is -2.61. The van der Waals surface area contributed by atoms with E-state index in [1.165, 1.54) is 0 Å². The Kier molecular flexibility index (Phi) is 5.04. The van der Waals surface area contributed by atoms with E-state index in [9.17, 15) is 14.4 Å². The van der Waals surface area contributed by atoms with Gasteiger partial charge in [0.05, 0.1) is 31.2 Å². The van der Waals surface area contributed by atoms with Gasteiger partial charge < -0.3 is 19.3 Å². The minimum atomic E-state index is -0.546. The van der Waals surface area contributed by atoms with Gasteiger partial charge in [-0.05, 0) is 33.6 Å². The van der Waals surface area contributed by atoms with Crippen LogP contribution < -0.4 is 0 Å². The fourth-order valence-corrected chi connectivity index (χ4v) is 3.96. The number of ether oxygens (including phenoxy) is 2. The van der Waals surface area contributed by atoms with Crippen molar-refractivity contribution in [3.05, 3.63) is 0 Å². The number of fused-ring (bicyclic) bond motifs is 2. The number of Topliss-reactive ketones (excluding diaryl/α,β-unsaturated/α-hetero) is 1. The number of carbonyl (C=O) groups excluding carboxylic acids is 3. The van der Waals surface area contributed by atoms with Gasteiger partial charge in [-0.1, -0.05) is 0 Å². The molecule has 2 amide bonds. The first-order chi connectivity index (χ1) is 11.7. The first-order valence-corrected chi connectivity index (χ1v) is 9.14. The lowest BCUT2D eigenvalue weighted by molar-refractivity contribution is -0.159. The van der Waals surface area contributed by atoms with Crippen molar-refractivity contribution in [3.63, 3.8) is 0 Å². The van der Waals surface area contributed by atoms with Crippen LogP contribution in [0.2, 0.25) is 0 Å². The number of piperidine rings is 2. The Morgan fingerprint density at radius 1 is 1.16 bits per heavy atom. The maximum atomic E-state index is 13.1. The van der Waals surface area contributed by atoms with Gasteiger partial charge in [-0.3, -0.25) is 9.59 Å². The topological polar surface area (TPSA) is 76.2 Å². The Hall–Kier alpha value is -1.63. The quantitative estimate of drug-likeness (QED) is 0.716. The van der Waals surface area contributed by atoms with E-state index < -0.39 is 5.60 Å². The molecule has 0 aromatic carbocycles. The fourth-order valence-electron chi connectivity index (χ4n) is 3.96. The van der Waals surface area contributed by atoms with Crippen molar-refractivity contribution >= 4 is 17.8 Å². The van der Waals surface area contributed by atoms with E-state index in [1.54, 1.807) is 4.90 Å². The van der Waals surface area contributed by atoms with Gasteiger partial charge in [0.25, 0.3) is 0 Å². The Labute approximate surface area is 148 Å². The van der Waals surface area contributed by atoms with Crippen LogP contribution in [0, 0.1) is 5.92 Å². The number of hydrogen-bond acceptors (Lipinski definition) is 5. The number of carbonyl (C=O) groups is 3. The third-order valence-corrected chi connectivity index (χ3v) is 5.01. The van der Waals surface area contributed by atoms with E-state index in [4.69, 9.17) is 9.47 Å². The van der Waals surface area contributed by atoms with E-state index >= 15 is 0 Å². The van der Waals surface area contributed by atoms with Crippen molar-refractivity contribution in [1.29, 1.82) is 0 Å². The predicted molar refractivity (Wildman–Crippen MR) is 90.0 cm³/mol. The summed E-state index contributed by atoms with van der Waals surface area (Å²) in [7, 11) is 0. The van der Waals surface area contributed by atoms with Gasteiger partial charge in [0.1, 0.15) is 11.4 Å². The molecule has 0 unspecified atom stereocenters. The maximum absolute atomic E-state index is 13.1. The summed E-state index contributed by atoms with van der Waals surface area (Å²) in [6.45, 7) is 7.37. The third-order valence-electron chi connectivity index (χ3n) is 5.01. The summed E-state index contributed by atoms with van der Waals surface area (Å²) in [4.78, 5) is 40.8. The van der Waals surface area contributed by atoms with Crippen LogP contribution in [0.25, 0.3) is 0 Å². The second-order valence-electron chi connectivity index (χ2n) is 8.30. The summed E-state index contributed by atoms with van der Waals surface area (Å²) in [6.07, 6.45) is 1.95. The summed E-state index contributed by atoms with van der Waals surface area (Å²) in [5.41, 5.74) is -0.546. The molecular weight excluding hydrogens is 324 g/mol. The van der Waals surface area contributed by atoms with E-state index in [0.29, 0.717) is 39.1 Å². The normalized spacial score (nSPS) is 30.2. The Balaban J connectivity index is 1.66. The molecule has 140 valence electrons. The second kappa shape index (κ2) is 6.94. The van der Waals surface area contributed by atoms with E-state index in [0.717, 1.165) is 12.8 Å². The van der Waals surface area contributed by atoms with Crippen molar-refractivity contribution in [1.82, 2.24) is 9.80 Å². The number of rotatable bonds is 1. The summed E-state index contributed by atoms with van der Waals surface area (Å²) in [6, 6.07) is -0.297. The highest BCUT2D eigenvalue weighted by Crippen LogP contribution is 2.30. The van der Waals surface area contributed by atoms with Crippen molar-refractivity contribution in [2.24, 2.45) is 5.92 Å². The molecule has 0 radical (unpaired) electrons. The smallest absolute Gasteiger partial charge is 0.410 e. The molecule has 0 aliphatic carbocycles. The summed E-state index contributed by atoms with van der Waals surface area (Å²) in [5, 5.41) is 0. The molecule has 3 rings (SSSR count). The Bertz CT molecular complexity index is 540. The number of amides is 2. The molecule has 0 aromatic rings. The zero-order valence-corrected chi connectivity index (χ0v) is 15.3. The molecule has 7 heteroatoms. The standard InChI is InChI=1S/C18H28N2O5/c1-18(2,3)25-17(23)19-6-4-5-12(9-19)16(22)20-13-7-15(21)8-14(20)11-24-10-13/h12-14H,4-11H2,1-3H3/t12-,13-,14+/m1/s1. The van der Waals surface area contributed by atoms with Crippen LogP contribution in [0.4, 0.5) is 4.79 Å². The summed E-state index contributed by atoms with van der Waals surface area (Å²) >= 11 is 0. The highest BCUT2D eigenvalue weighted by Gasteiger charge is 2.44. The van der Waals surface area contributed by atoms with Crippen LogP contribution in [-0.2, 0) is 19.1 Å². The molecule has 3 heterocycles. The van der Waals surface area contributed by atoms with Gasteiger partial charge in [-0.2, -0.15) is 0 Å². The molecule has 3 aliphatic rings. The van der Waals surface area contributed by atoms with Crippen LogP contribution >= 0.6 is 0 Å². The van der Waals surface area contributed by atoms with Gasteiger partial charge in [0, 0.05) is 25.9 Å². The van der Waals surface area contributed by atoms with Gasteiger partial charge in [-0.15, -0.1) is 0 Å². The third kappa shape index (κ3) is 4.14. The van der Waals surface area contributed by atoms with Gasteiger partial charge in [0.15, 0.2) is 0 Å². The zero-order valence-electron chi connectivity index (χ0n) is 15.3. The highest BCUT2D eigenvalue weighted by atomic mass is 16.6. The minimum Gasteiger partial charge on any atom is -0.444 e. The van der Waals surface area contributed by atoms with Crippen LogP contribution in [0.5, 0.6) is 0 Å². The molecule has 0 aromatic heterocycles. The molecular formula is C18H28N2O5. The first-order valence-electron chi connectivity index (χ1n) is 9.14. The molecule has 2 bridgehead atoms. The molecule has 7 nitrogen and oxygen atoms in total. The van der Waals surface area contributed by atoms with Gasteiger partial charge in [0.2, 0.25) is 5.91 Å². The van der Waals surface area contributed by atoms with Crippen molar-refractivity contribution in [2.45, 2.75) is 64.1 Å². The molecule has 25 heavy (non-hydrogen) atoms. The summed E-state index contributed by atoms with van der Waals surface area (Å²) in [5.74, 6) is 0.0398. The number of likely N-dealkylation sites (tertiary alicyclic amines) is 1. The molecule has 3 atom stereocenters. The maximum Gasteiger partial charge on any atom is 0.410 e. The van der Waals surface area contributed by atoms with Crippen LogP contribution in [0.15, 0.2) is 0 Å². The lowest BCUT2D eigenvalue weighted by Gasteiger charge is -2.47. The largest absolute Gasteiger partial charge is 0.444 e. The number of hydrogen-bond donors (Lipinski definition) is 0. The van der Waals surface area contributed by atoms with E-state index in [2.05, 4.69) is 0 Å². The monoisotopic (exact) mass is 352 g/mol. The average Bonchev–Trinajstić information content (AvgIpc) is 2.52. The number of morpholine rings is 1. The number of nitrogens with zero attached hydrogens (tertiary/aromatic N) is 2. The van der Waals surface area contributed by atoms with Crippen molar-refractivity contribution in [2.75, 3.05) is 26.3 Å². The molecule has 3 saturated heterocycles. The molecule has 0 saturated carbocycles. The minimum absolute atomic E-state index is 0.0547. The van der Waals surface area contributed by atoms with Crippen LogP contribution in [0.3, 0.4) is 0 Å². The fraction of sp³-hybridized carbons (Fsp3) is 0.833. The van der Waals surface area contributed by atoms with E-state index in [1.807, 2.05) is 25.7 Å². The Morgan fingerprint density at radius 2 is 1.80 bits per heavy atom.